The summed E-state index contributed by atoms with van der Waals surface area (Å²) in [5.41, 5.74) is 8.49. The Kier molecular flexibility index (Phi) is 5.08. The number of nitrogens with zero attached hydrogens (tertiary/aromatic N) is 2. The Hall–Kier alpha value is -3.00. The highest BCUT2D eigenvalue weighted by Gasteiger charge is 2.22. The molecule has 0 radical (unpaired) electrons. The Morgan fingerprint density at radius 3 is 2.03 bits per heavy atom. The lowest BCUT2D eigenvalue weighted by Gasteiger charge is -2.16. The number of hydrogen-bond acceptors (Lipinski definition) is 2. The van der Waals surface area contributed by atoms with Crippen LogP contribution in [0.1, 0.15) is 37.7 Å². The summed E-state index contributed by atoms with van der Waals surface area (Å²) < 4.78 is 0. The number of rotatable bonds is 4. The van der Waals surface area contributed by atoms with Gasteiger partial charge in [-0.25, -0.2) is 0 Å². The van der Waals surface area contributed by atoms with Crippen LogP contribution in [0.5, 0.6) is 0 Å². The second kappa shape index (κ2) is 8.16. The number of aliphatic imine (C=N–C) groups is 2. The Bertz CT molecular complexity index is 1040. The van der Waals surface area contributed by atoms with Gasteiger partial charge in [0.15, 0.2) is 0 Å². The first-order chi connectivity index (χ1) is 14.4. The van der Waals surface area contributed by atoms with Crippen LogP contribution in [0.15, 0.2) is 82.8 Å². The lowest BCUT2D eigenvalue weighted by Crippen LogP contribution is -2.11. The lowest BCUT2D eigenvalue weighted by molar-refractivity contribution is 0.444. The first-order valence-corrected chi connectivity index (χ1v) is 10.8. The van der Waals surface area contributed by atoms with Crippen LogP contribution in [0.3, 0.4) is 0 Å². The highest BCUT2D eigenvalue weighted by Crippen LogP contribution is 2.42. The molecule has 5 rings (SSSR count). The van der Waals surface area contributed by atoms with E-state index >= 15 is 0 Å². The topological polar surface area (TPSA) is 24.7 Å². The SMILES string of the molecule is C(=NC1CCCCC1)C1=Nc2c(-c3ccccc3)ccc(-c3ccccc3)c2C1. The van der Waals surface area contributed by atoms with Crippen molar-refractivity contribution in [1.82, 2.24) is 0 Å². The second-order valence-electron chi connectivity index (χ2n) is 8.07. The second-order valence-corrected chi connectivity index (χ2v) is 8.07. The third-order valence-electron chi connectivity index (χ3n) is 6.07. The quantitative estimate of drug-likeness (QED) is 0.434. The molecule has 0 amide bonds. The Labute approximate surface area is 173 Å². The van der Waals surface area contributed by atoms with Crippen LogP contribution < -0.4 is 0 Å². The molecule has 1 aliphatic carbocycles. The maximum atomic E-state index is 5.07. The zero-order chi connectivity index (χ0) is 19.5. The smallest absolute Gasteiger partial charge is 0.0754 e. The van der Waals surface area contributed by atoms with Crippen molar-refractivity contribution >= 4 is 17.6 Å². The molecule has 2 aliphatic rings. The molecule has 0 saturated heterocycles. The molecule has 0 unspecified atom stereocenters. The Morgan fingerprint density at radius 2 is 1.34 bits per heavy atom. The summed E-state index contributed by atoms with van der Waals surface area (Å²) in [5, 5.41) is 0. The van der Waals surface area contributed by atoms with Crippen molar-refractivity contribution < 1.29 is 0 Å². The predicted octanol–water partition coefficient (Wildman–Crippen LogP) is 7.05. The van der Waals surface area contributed by atoms with Crippen molar-refractivity contribution in [1.29, 1.82) is 0 Å². The van der Waals surface area contributed by atoms with Gasteiger partial charge in [0.1, 0.15) is 0 Å². The zero-order valence-electron chi connectivity index (χ0n) is 16.7. The van der Waals surface area contributed by atoms with Crippen molar-refractivity contribution in [3.63, 3.8) is 0 Å². The highest BCUT2D eigenvalue weighted by atomic mass is 14.8. The van der Waals surface area contributed by atoms with E-state index in [9.17, 15) is 0 Å². The lowest BCUT2D eigenvalue weighted by atomic mass is 9.92. The van der Waals surface area contributed by atoms with Crippen molar-refractivity contribution in [2.24, 2.45) is 9.98 Å². The molecule has 2 nitrogen and oxygen atoms in total. The molecule has 0 aromatic heterocycles. The van der Waals surface area contributed by atoms with E-state index in [0.717, 1.165) is 17.8 Å². The van der Waals surface area contributed by atoms with Crippen LogP contribution in [0.25, 0.3) is 22.3 Å². The molecule has 0 bridgehead atoms. The molecular formula is C27H26N2. The number of benzene rings is 3. The monoisotopic (exact) mass is 378 g/mol. The van der Waals surface area contributed by atoms with Crippen LogP contribution in [-0.4, -0.2) is 18.0 Å². The summed E-state index contributed by atoms with van der Waals surface area (Å²) in [6, 6.07) is 26.2. The summed E-state index contributed by atoms with van der Waals surface area (Å²) >= 11 is 0. The van der Waals surface area contributed by atoms with E-state index in [-0.39, 0.29) is 0 Å². The molecule has 29 heavy (non-hydrogen) atoms. The summed E-state index contributed by atoms with van der Waals surface area (Å²) in [6.45, 7) is 0. The average molecular weight is 379 g/mol. The molecule has 0 atom stereocenters. The third kappa shape index (κ3) is 3.80. The van der Waals surface area contributed by atoms with Crippen LogP contribution in [0, 0.1) is 0 Å². The van der Waals surface area contributed by atoms with Crippen LogP contribution in [-0.2, 0) is 6.42 Å². The van der Waals surface area contributed by atoms with Crippen molar-refractivity contribution in [3.05, 3.63) is 78.4 Å². The number of fused-ring (bicyclic) bond motifs is 1. The molecule has 1 saturated carbocycles. The summed E-state index contributed by atoms with van der Waals surface area (Å²) in [7, 11) is 0. The van der Waals surface area contributed by atoms with Gasteiger partial charge in [-0.15, -0.1) is 0 Å². The fraction of sp³-hybridized carbons (Fsp3) is 0.259. The maximum Gasteiger partial charge on any atom is 0.0754 e. The van der Waals surface area contributed by atoms with Crippen molar-refractivity contribution in [2.75, 3.05) is 0 Å². The molecule has 144 valence electrons. The third-order valence-corrected chi connectivity index (χ3v) is 6.07. The summed E-state index contributed by atoms with van der Waals surface area (Å²) in [6.07, 6.45) is 9.34. The van der Waals surface area contributed by atoms with Gasteiger partial charge in [-0.2, -0.15) is 0 Å². The van der Waals surface area contributed by atoms with Gasteiger partial charge in [0.2, 0.25) is 0 Å². The van der Waals surface area contributed by atoms with Gasteiger partial charge in [0, 0.05) is 24.2 Å². The molecule has 0 spiro atoms. The van der Waals surface area contributed by atoms with Crippen LogP contribution >= 0.6 is 0 Å². The molecule has 3 aromatic rings. The fourth-order valence-corrected chi connectivity index (χ4v) is 4.54. The molecule has 0 N–H and O–H groups in total. The van der Waals surface area contributed by atoms with Gasteiger partial charge in [0.05, 0.1) is 11.4 Å². The van der Waals surface area contributed by atoms with E-state index < -0.39 is 0 Å². The summed E-state index contributed by atoms with van der Waals surface area (Å²) in [5.74, 6) is 0. The van der Waals surface area contributed by atoms with E-state index in [4.69, 9.17) is 9.98 Å². The van der Waals surface area contributed by atoms with E-state index in [0.29, 0.717) is 6.04 Å². The number of hydrogen-bond donors (Lipinski definition) is 0. The molecule has 2 heteroatoms. The minimum atomic E-state index is 0.484. The fourth-order valence-electron chi connectivity index (χ4n) is 4.54. The first kappa shape index (κ1) is 18.1. The molecule has 1 fully saturated rings. The zero-order valence-corrected chi connectivity index (χ0v) is 16.7. The van der Waals surface area contributed by atoms with Gasteiger partial charge in [-0.1, -0.05) is 92.1 Å². The summed E-state index contributed by atoms with van der Waals surface area (Å²) in [4.78, 5) is 9.96. The van der Waals surface area contributed by atoms with Gasteiger partial charge in [-0.05, 0) is 35.1 Å². The molecular weight excluding hydrogens is 352 g/mol. The first-order valence-electron chi connectivity index (χ1n) is 10.8. The average Bonchev–Trinajstić information content (AvgIpc) is 3.23. The highest BCUT2D eigenvalue weighted by molar-refractivity contribution is 6.34. The van der Waals surface area contributed by atoms with Gasteiger partial charge >= 0.3 is 0 Å². The van der Waals surface area contributed by atoms with Crippen LogP contribution in [0.4, 0.5) is 5.69 Å². The largest absolute Gasteiger partial charge is 0.288 e. The maximum absolute atomic E-state index is 5.07. The molecule has 1 aliphatic heterocycles. The minimum absolute atomic E-state index is 0.484. The van der Waals surface area contributed by atoms with Gasteiger partial charge < -0.3 is 0 Å². The molecule has 1 heterocycles. The van der Waals surface area contributed by atoms with Crippen molar-refractivity contribution in [2.45, 2.75) is 44.6 Å². The normalized spacial score (nSPS) is 16.8. The van der Waals surface area contributed by atoms with E-state index in [1.165, 1.54) is 59.9 Å². The van der Waals surface area contributed by atoms with Gasteiger partial charge in [0.25, 0.3) is 0 Å². The Balaban J connectivity index is 1.54. The van der Waals surface area contributed by atoms with E-state index in [1.54, 1.807) is 0 Å². The standard InChI is InChI=1S/C27H26N2/c1-4-10-20(11-5-1)24-16-17-25(21-12-6-2-7-13-21)27-26(24)18-23(29-27)19-28-22-14-8-3-9-15-22/h1-2,4-7,10-13,16-17,19,22H,3,8-9,14-15,18H2. The van der Waals surface area contributed by atoms with E-state index in [1.807, 2.05) is 0 Å². The van der Waals surface area contributed by atoms with E-state index in [2.05, 4.69) is 79.0 Å². The van der Waals surface area contributed by atoms with Crippen LogP contribution in [0.2, 0.25) is 0 Å². The van der Waals surface area contributed by atoms with Gasteiger partial charge in [-0.3, -0.25) is 9.98 Å². The Morgan fingerprint density at radius 1 is 0.724 bits per heavy atom. The predicted molar refractivity (Wildman–Crippen MR) is 123 cm³/mol. The molecule has 3 aromatic carbocycles. The minimum Gasteiger partial charge on any atom is -0.288 e. The van der Waals surface area contributed by atoms with Crippen molar-refractivity contribution in [3.8, 4) is 22.3 Å².